The van der Waals surface area contributed by atoms with E-state index in [1.807, 2.05) is 4.90 Å². The van der Waals surface area contributed by atoms with E-state index in [9.17, 15) is 4.39 Å². The van der Waals surface area contributed by atoms with Gasteiger partial charge in [0.2, 0.25) is 0 Å². The number of nitrogens with one attached hydrogen (secondary N) is 2. The molecule has 0 aliphatic carbocycles. The molecule has 2 N–H and O–H groups in total. The van der Waals surface area contributed by atoms with Gasteiger partial charge in [0.15, 0.2) is 17.6 Å². The fraction of sp³-hybridized carbons (Fsp3) is 0.700. The fourth-order valence-electron chi connectivity index (χ4n) is 3.86. The van der Waals surface area contributed by atoms with Gasteiger partial charge in [-0.2, -0.15) is 0 Å². The Morgan fingerprint density at radius 2 is 2.07 bits per heavy atom. The monoisotopic (exact) mass is 504 g/mol. The van der Waals surface area contributed by atoms with Crippen LogP contribution >= 0.6 is 24.0 Å². The quantitative estimate of drug-likeness (QED) is 0.270. The van der Waals surface area contributed by atoms with E-state index in [2.05, 4.69) is 32.4 Å². The van der Waals surface area contributed by atoms with Crippen LogP contribution in [0.15, 0.2) is 23.3 Å². The van der Waals surface area contributed by atoms with Crippen molar-refractivity contribution in [2.75, 3.05) is 51.2 Å². The molecule has 0 radical (unpaired) electrons. The molecule has 2 saturated heterocycles. The van der Waals surface area contributed by atoms with Crippen LogP contribution in [0.25, 0.3) is 0 Å². The Hall–Kier alpha value is -1.16. The third-order valence-electron chi connectivity index (χ3n) is 5.61. The normalized spacial score (nSPS) is 21.5. The van der Waals surface area contributed by atoms with E-state index in [1.165, 1.54) is 32.0 Å². The van der Waals surface area contributed by atoms with E-state index in [4.69, 9.17) is 0 Å². The van der Waals surface area contributed by atoms with Gasteiger partial charge in [-0.3, -0.25) is 4.99 Å². The molecule has 2 aliphatic heterocycles. The second kappa shape index (κ2) is 11.7. The molecule has 1 aromatic heterocycles. The van der Waals surface area contributed by atoms with E-state index < -0.39 is 0 Å². The molecule has 28 heavy (non-hydrogen) atoms. The summed E-state index contributed by atoms with van der Waals surface area (Å²) in [5.41, 5.74) is 0. The molecule has 158 valence electrons. The molecular formula is C20H34FIN6. The van der Waals surface area contributed by atoms with Crippen LogP contribution in [0.5, 0.6) is 0 Å². The molecule has 0 saturated carbocycles. The molecule has 0 aromatic carbocycles. The Morgan fingerprint density at radius 1 is 1.29 bits per heavy atom. The van der Waals surface area contributed by atoms with Crippen LogP contribution in [0.3, 0.4) is 0 Å². The molecule has 2 fully saturated rings. The van der Waals surface area contributed by atoms with Gasteiger partial charge in [-0.1, -0.05) is 6.92 Å². The van der Waals surface area contributed by atoms with Crippen LogP contribution < -0.4 is 15.5 Å². The van der Waals surface area contributed by atoms with Gasteiger partial charge in [0.05, 0.1) is 0 Å². The molecule has 8 heteroatoms. The van der Waals surface area contributed by atoms with Crippen LogP contribution in [0.2, 0.25) is 0 Å². The average molecular weight is 504 g/mol. The largest absolute Gasteiger partial charge is 0.356 e. The maximum Gasteiger partial charge on any atom is 0.191 e. The van der Waals surface area contributed by atoms with Crippen LogP contribution in [-0.2, 0) is 0 Å². The van der Waals surface area contributed by atoms with Crippen molar-refractivity contribution in [3.8, 4) is 0 Å². The number of nitrogens with zero attached hydrogens (tertiary/aromatic N) is 4. The highest BCUT2D eigenvalue weighted by Gasteiger charge is 2.25. The van der Waals surface area contributed by atoms with E-state index in [0.29, 0.717) is 5.82 Å². The second-order valence-corrected chi connectivity index (χ2v) is 7.76. The Kier molecular flexibility index (Phi) is 9.70. The molecule has 3 heterocycles. The summed E-state index contributed by atoms with van der Waals surface area (Å²) in [7, 11) is 1.80. The van der Waals surface area contributed by atoms with Gasteiger partial charge in [-0.25, -0.2) is 9.37 Å². The molecule has 3 rings (SSSR count). The maximum atomic E-state index is 13.9. The highest BCUT2D eigenvalue weighted by molar-refractivity contribution is 14.0. The number of rotatable bonds is 6. The molecule has 0 bridgehead atoms. The van der Waals surface area contributed by atoms with Gasteiger partial charge in [-0.15, -0.1) is 24.0 Å². The number of halogens is 2. The minimum Gasteiger partial charge on any atom is -0.356 e. The molecule has 6 nitrogen and oxygen atoms in total. The number of aromatic nitrogens is 1. The van der Waals surface area contributed by atoms with Gasteiger partial charge in [0.1, 0.15) is 0 Å². The van der Waals surface area contributed by atoms with Crippen molar-refractivity contribution in [3.63, 3.8) is 0 Å². The van der Waals surface area contributed by atoms with Crippen LogP contribution in [0.1, 0.15) is 32.6 Å². The molecular weight excluding hydrogens is 470 g/mol. The van der Waals surface area contributed by atoms with Gasteiger partial charge >= 0.3 is 0 Å². The minimum absolute atomic E-state index is 0. The first-order chi connectivity index (χ1) is 13.2. The lowest BCUT2D eigenvalue weighted by Crippen LogP contribution is -2.45. The number of hydrogen-bond donors (Lipinski definition) is 2. The smallest absolute Gasteiger partial charge is 0.191 e. The SMILES string of the molecule is CN=C(NCCCN1CCC(C)CC1)NC1CCN(c2ncccc2F)C1.I. The second-order valence-electron chi connectivity index (χ2n) is 7.76. The summed E-state index contributed by atoms with van der Waals surface area (Å²) in [6, 6.07) is 3.34. The zero-order valence-corrected chi connectivity index (χ0v) is 19.4. The van der Waals surface area contributed by atoms with Crippen molar-refractivity contribution >= 4 is 35.8 Å². The highest BCUT2D eigenvalue weighted by atomic mass is 127. The van der Waals surface area contributed by atoms with Gasteiger partial charge < -0.3 is 20.4 Å². The summed E-state index contributed by atoms with van der Waals surface area (Å²) >= 11 is 0. The lowest BCUT2D eigenvalue weighted by molar-refractivity contribution is 0.191. The first-order valence-corrected chi connectivity index (χ1v) is 10.2. The van der Waals surface area contributed by atoms with Gasteiger partial charge in [0.25, 0.3) is 0 Å². The summed E-state index contributed by atoms with van der Waals surface area (Å²) in [6.07, 6.45) is 6.35. The minimum atomic E-state index is -0.257. The lowest BCUT2D eigenvalue weighted by Gasteiger charge is -2.30. The number of hydrogen-bond acceptors (Lipinski definition) is 4. The Morgan fingerprint density at radius 3 is 2.79 bits per heavy atom. The van der Waals surface area contributed by atoms with Crippen LogP contribution in [0, 0.1) is 11.7 Å². The maximum absolute atomic E-state index is 13.9. The average Bonchev–Trinajstić information content (AvgIpc) is 3.14. The third kappa shape index (κ3) is 6.72. The van der Waals surface area contributed by atoms with Crippen molar-refractivity contribution in [2.24, 2.45) is 10.9 Å². The first-order valence-electron chi connectivity index (χ1n) is 10.2. The third-order valence-corrected chi connectivity index (χ3v) is 5.61. The fourth-order valence-corrected chi connectivity index (χ4v) is 3.86. The summed E-state index contributed by atoms with van der Waals surface area (Å²) in [5, 5.41) is 6.88. The van der Waals surface area contributed by atoms with Gasteiger partial charge in [-0.05, 0) is 63.4 Å². The van der Waals surface area contributed by atoms with E-state index in [0.717, 1.165) is 50.9 Å². The zero-order valence-electron chi connectivity index (χ0n) is 17.0. The lowest BCUT2D eigenvalue weighted by atomic mass is 9.99. The summed E-state index contributed by atoms with van der Waals surface area (Å²) < 4.78 is 13.9. The molecule has 1 unspecified atom stereocenters. The van der Waals surface area contributed by atoms with Crippen LogP contribution in [-0.4, -0.2) is 68.2 Å². The topological polar surface area (TPSA) is 55.8 Å². The molecule has 0 amide bonds. The molecule has 1 atom stereocenters. The van der Waals surface area contributed by atoms with Crippen molar-refractivity contribution < 1.29 is 4.39 Å². The zero-order chi connectivity index (χ0) is 19.1. The predicted molar refractivity (Wildman–Crippen MR) is 124 cm³/mol. The number of likely N-dealkylation sites (tertiary alicyclic amines) is 1. The van der Waals surface area contributed by atoms with Crippen molar-refractivity contribution in [1.82, 2.24) is 20.5 Å². The number of aliphatic imine (C=N–C) groups is 1. The van der Waals surface area contributed by atoms with Crippen molar-refractivity contribution in [1.29, 1.82) is 0 Å². The van der Waals surface area contributed by atoms with Crippen molar-refractivity contribution in [3.05, 3.63) is 24.1 Å². The number of piperidine rings is 1. The summed E-state index contributed by atoms with van der Waals surface area (Å²) in [6.45, 7) is 8.41. The molecule has 0 spiro atoms. The standard InChI is InChI=1S/C20H33FN6.HI/c1-16-6-12-26(13-7-16)11-4-10-24-20(22-2)25-17-8-14-27(15-17)19-18(21)5-3-9-23-19;/h3,5,9,16-17H,4,6-8,10-15H2,1-2H3,(H2,22,24,25);1H. The Labute approximate surface area is 185 Å². The van der Waals surface area contributed by atoms with E-state index in [-0.39, 0.29) is 35.8 Å². The number of guanidine groups is 1. The summed E-state index contributed by atoms with van der Waals surface area (Å²) in [4.78, 5) is 13.1. The van der Waals surface area contributed by atoms with E-state index in [1.54, 1.807) is 19.3 Å². The van der Waals surface area contributed by atoms with Crippen LogP contribution in [0.4, 0.5) is 10.2 Å². The number of pyridine rings is 1. The molecule has 1 aromatic rings. The first kappa shape index (κ1) is 23.1. The van der Waals surface area contributed by atoms with Gasteiger partial charge in [0, 0.05) is 38.9 Å². The summed E-state index contributed by atoms with van der Waals surface area (Å²) in [5.74, 6) is 1.90. The number of anilines is 1. The highest BCUT2D eigenvalue weighted by Crippen LogP contribution is 2.20. The Balaban J connectivity index is 0.00000280. The van der Waals surface area contributed by atoms with Crippen molar-refractivity contribution in [2.45, 2.75) is 38.6 Å². The van der Waals surface area contributed by atoms with E-state index >= 15 is 0 Å². The molecule has 2 aliphatic rings. The Bertz CT molecular complexity index is 620. The predicted octanol–water partition coefficient (Wildman–Crippen LogP) is 2.70.